The molecule has 1 aromatic rings. The van der Waals surface area contributed by atoms with Gasteiger partial charge in [-0.15, -0.1) is 0 Å². The maximum atomic E-state index is 12.6. The molecule has 1 aromatic carbocycles. The third kappa shape index (κ3) is 3.96. The number of aryl methyl sites for hydroxylation is 1. The van der Waals surface area contributed by atoms with Crippen molar-refractivity contribution in [3.63, 3.8) is 0 Å². The summed E-state index contributed by atoms with van der Waals surface area (Å²) in [5, 5.41) is 0. The van der Waals surface area contributed by atoms with Crippen molar-refractivity contribution >= 4 is 5.91 Å². The largest absolute Gasteiger partial charge is 0.497 e. The number of fused-ring (bicyclic) bond motifs is 1. The van der Waals surface area contributed by atoms with E-state index in [9.17, 15) is 13.6 Å². The van der Waals surface area contributed by atoms with E-state index in [-0.39, 0.29) is 12.3 Å². The molecule has 0 saturated carbocycles. The molecule has 122 valence electrons. The standard InChI is InChI=1S/C17H23F2NO2/c1-3-12(10-16(18)19)17(21)20-8-4-5-13-9-15(22-2)7-6-14(13)11-20/h6-7,9,12,16H,3-5,8,10-11H2,1-2H3. The van der Waals surface area contributed by atoms with Gasteiger partial charge in [-0.2, -0.15) is 0 Å². The van der Waals surface area contributed by atoms with Crippen LogP contribution in [0.4, 0.5) is 8.78 Å². The fourth-order valence-corrected chi connectivity index (χ4v) is 2.96. The number of hydrogen-bond donors (Lipinski definition) is 0. The number of benzene rings is 1. The Hall–Kier alpha value is -1.65. The fourth-order valence-electron chi connectivity index (χ4n) is 2.96. The second-order valence-electron chi connectivity index (χ2n) is 5.73. The quantitative estimate of drug-likeness (QED) is 0.830. The lowest BCUT2D eigenvalue weighted by Crippen LogP contribution is -2.36. The predicted octanol–water partition coefficient (Wildman–Crippen LogP) is 3.65. The minimum absolute atomic E-state index is 0.147. The molecule has 1 amide bonds. The van der Waals surface area contributed by atoms with Crippen molar-refractivity contribution in [3.05, 3.63) is 29.3 Å². The van der Waals surface area contributed by atoms with Gasteiger partial charge < -0.3 is 9.64 Å². The van der Waals surface area contributed by atoms with Gasteiger partial charge in [0.15, 0.2) is 0 Å². The number of halogens is 2. The number of nitrogens with zero attached hydrogens (tertiary/aromatic N) is 1. The van der Waals surface area contributed by atoms with Crippen molar-refractivity contribution in [2.75, 3.05) is 13.7 Å². The number of amides is 1. The zero-order chi connectivity index (χ0) is 16.1. The highest BCUT2D eigenvalue weighted by atomic mass is 19.3. The van der Waals surface area contributed by atoms with Crippen LogP contribution in [0.1, 0.15) is 37.3 Å². The molecule has 1 atom stereocenters. The van der Waals surface area contributed by atoms with Gasteiger partial charge in [-0.05, 0) is 42.5 Å². The van der Waals surface area contributed by atoms with Crippen LogP contribution < -0.4 is 4.74 Å². The van der Waals surface area contributed by atoms with Crippen LogP contribution in [0.25, 0.3) is 0 Å². The van der Waals surface area contributed by atoms with Crippen LogP contribution in [0, 0.1) is 5.92 Å². The van der Waals surface area contributed by atoms with E-state index in [4.69, 9.17) is 4.74 Å². The molecule has 2 rings (SSSR count). The maximum absolute atomic E-state index is 12.6. The van der Waals surface area contributed by atoms with Crippen LogP contribution in [0.5, 0.6) is 5.75 Å². The first-order chi connectivity index (χ1) is 10.5. The first-order valence-electron chi connectivity index (χ1n) is 7.77. The van der Waals surface area contributed by atoms with Crippen molar-refractivity contribution in [1.29, 1.82) is 0 Å². The van der Waals surface area contributed by atoms with E-state index in [0.717, 1.165) is 24.2 Å². The SMILES string of the molecule is CCC(CC(F)F)C(=O)N1CCCc2cc(OC)ccc2C1. The Morgan fingerprint density at radius 2 is 2.14 bits per heavy atom. The normalized spacial score (nSPS) is 16.1. The zero-order valence-electron chi connectivity index (χ0n) is 13.1. The van der Waals surface area contributed by atoms with Crippen LogP contribution >= 0.6 is 0 Å². The second-order valence-corrected chi connectivity index (χ2v) is 5.73. The molecular weight excluding hydrogens is 288 g/mol. The molecule has 1 unspecified atom stereocenters. The van der Waals surface area contributed by atoms with Gasteiger partial charge in [0.25, 0.3) is 0 Å². The van der Waals surface area contributed by atoms with Crippen LogP contribution in [0.15, 0.2) is 18.2 Å². The first-order valence-corrected chi connectivity index (χ1v) is 7.77. The van der Waals surface area contributed by atoms with E-state index in [1.165, 1.54) is 5.56 Å². The Balaban J connectivity index is 2.14. The molecule has 0 aliphatic carbocycles. The minimum Gasteiger partial charge on any atom is -0.497 e. The van der Waals surface area contributed by atoms with E-state index >= 15 is 0 Å². The number of ether oxygens (including phenoxy) is 1. The summed E-state index contributed by atoms with van der Waals surface area (Å²) in [6.45, 7) is 2.91. The van der Waals surface area contributed by atoms with E-state index in [0.29, 0.717) is 19.5 Å². The van der Waals surface area contributed by atoms with Crippen molar-refractivity contribution in [3.8, 4) is 5.75 Å². The highest BCUT2D eigenvalue weighted by molar-refractivity contribution is 5.79. The summed E-state index contributed by atoms with van der Waals surface area (Å²) in [4.78, 5) is 14.2. The van der Waals surface area contributed by atoms with Crippen LogP contribution in [0.2, 0.25) is 0 Å². The summed E-state index contributed by atoms with van der Waals surface area (Å²) in [5.74, 6) is 0.0777. The van der Waals surface area contributed by atoms with Gasteiger partial charge in [0.2, 0.25) is 12.3 Å². The van der Waals surface area contributed by atoms with Gasteiger partial charge in [0.05, 0.1) is 7.11 Å². The van der Waals surface area contributed by atoms with Gasteiger partial charge in [0, 0.05) is 25.4 Å². The fraction of sp³-hybridized carbons (Fsp3) is 0.588. The van der Waals surface area contributed by atoms with Crippen molar-refractivity contribution in [2.45, 2.75) is 45.6 Å². The first kappa shape index (κ1) is 16.7. The van der Waals surface area contributed by atoms with Gasteiger partial charge in [-0.1, -0.05) is 13.0 Å². The number of carbonyl (C=O) groups is 1. The predicted molar refractivity (Wildman–Crippen MR) is 81.1 cm³/mol. The van der Waals surface area contributed by atoms with E-state index in [1.807, 2.05) is 18.2 Å². The molecular formula is C17H23F2NO2. The molecule has 0 N–H and O–H groups in total. The second kappa shape index (κ2) is 7.56. The van der Waals surface area contributed by atoms with E-state index in [2.05, 4.69) is 0 Å². The molecule has 0 aromatic heterocycles. The lowest BCUT2D eigenvalue weighted by Gasteiger charge is -2.26. The number of carbonyl (C=O) groups excluding carboxylic acids is 1. The van der Waals surface area contributed by atoms with Gasteiger partial charge in [-0.25, -0.2) is 8.78 Å². The molecule has 0 spiro atoms. The summed E-state index contributed by atoms with van der Waals surface area (Å²) in [5.41, 5.74) is 2.26. The molecule has 0 fully saturated rings. The average Bonchev–Trinajstić information content (AvgIpc) is 2.73. The van der Waals surface area contributed by atoms with Crippen LogP contribution in [0.3, 0.4) is 0 Å². The number of hydrogen-bond acceptors (Lipinski definition) is 2. The van der Waals surface area contributed by atoms with E-state index < -0.39 is 12.3 Å². The Morgan fingerprint density at radius 3 is 2.77 bits per heavy atom. The number of methoxy groups -OCH3 is 1. The monoisotopic (exact) mass is 311 g/mol. The highest BCUT2D eigenvalue weighted by Crippen LogP contribution is 2.26. The van der Waals surface area contributed by atoms with E-state index in [1.54, 1.807) is 18.9 Å². The molecule has 22 heavy (non-hydrogen) atoms. The lowest BCUT2D eigenvalue weighted by molar-refractivity contribution is -0.137. The average molecular weight is 311 g/mol. The van der Waals surface area contributed by atoms with Gasteiger partial charge in [-0.3, -0.25) is 4.79 Å². The molecule has 5 heteroatoms. The number of alkyl halides is 2. The number of rotatable bonds is 5. The third-order valence-corrected chi connectivity index (χ3v) is 4.27. The molecule has 0 bridgehead atoms. The summed E-state index contributed by atoms with van der Waals surface area (Å²) in [6, 6.07) is 5.84. The Kier molecular flexibility index (Phi) is 5.75. The summed E-state index contributed by atoms with van der Waals surface area (Å²) < 4.78 is 30.5. The van der Waals surface area contributed by atoms with Gasteiger partial charge >= 0.3 is 0 Å². The topological polar surface area (TPSA) is 29.5 Å². The van der Waals surface area contributed by atoms with Crippen LogP contribution in [-0.4, -0.2) is 30.9 Å². The van der Waals surface area contributed by atoms with Crippen molar-refractivity contribution in [1.82, 2.24) is 4.90 Å². The Bertz CT molecular complexity index is 519. The molecule has 1 aliphatic rings. The third-order valence-electron chi connectivity index (χ3n) is 4.27. The Morgan fingerprint density at radius 1 is 1.36 bits per heavy atom. The maximum Gasteiger partial charge on any atom is 0.239 e. The zero-order valence-corrected chi connectivity index (χ0v) is 13.1. The van der Waals surface area contributed by atoms with Gasteiger partial charge in [0.1, 0.15) is 5.75 Å². The summed E-state index contributed by atoms with van der Waals surface area (Å²) >= 11 is 0. The van der Waals surface area contributed by atoms with Crippen molar-refractivity contribution in [2.24, 2.45) is 5.92 Å². The minimum atomic E-state index is -2.43. The molecule has 1 heterocycles. The molecule has 3 nitrogen and oxygen atoms in total. The van der Waals surface area contributed by atoms with Crippen molar-refractivity contribution < 1.29 is 18.3 Å². The Labute approximate surface area is 130 Å². The highest BCUT2D eigenvalue weighted by Gasteiger charge is 2.27. The smallest absolute Gasteiger partial charge is 0.239 e. The molecule has 1 aliphatic heterocycles. The molecule has 0 saturated heterocycles. The molecule has 0 radical (unpaired) electrons. The summed E-state index contributed by atoms with van der Waals surface area (Å²) in [6.07, 6.45) is -0.604. The lowest BCUT2D eigenvalue weighted by atomic mass is 10.0. The van der Waals surface area contributed by atoms with Crippen LogP contribution in [-0.2, 0) is 17.8 Å². The summed E-state index contributed by atoms with van der Waals surface area (Å²) in [7, 11) is 1.63.